The third-order valence-corrected chi connectivity index (χ3v) is 5.86. The predicted octanol–water partition coefficient (Wildman–Crippen LogP) is 3.17. The number of aryl methyl sites for hydroxylation is 1. The van der Waals surface area contributed by atoms with Crippen molar-refractivity contribution in [1.82, 2.24) is 10.2 Å². The van der Waals surface area contributed by atoms with Gasteiger partial charge < -0.3 is 10.4 Å². The molecule has 126 valence electrons. The highest BCUT2D eigenvalue weighted by Gasteiger charge is 2.36. The van der Waals surface area contributed by atoms with Gasteiger partial charge in [0, 0.05) is 29.6 Å². The van der Waals surface area contributed by atoms with E-state index < -0.39 is 5.97 Å². The Labute approximate surface area is 146 Å². The standard InChI is InChI=1S/C18H25BrN2O2/c1-12-6-14(4-5-17(12)19)9-20-15-7-16(8-15)21(11-18(22)23)10-13-2-3-13/h4-6,13,15-16,20H,2-3,7-11H2,1H3,(H,22,23). The van der Waals surface area contributed by atoms with Crippen LogP contribution in [-0.4, -0.2) is 41.1 Å². The third-order valence-electron chi connectivity index (χ3n) is 4.97. The molecule has 0 spiro atoms. The van der Waals surface area contributed by atoms with Crippen molar-refractivity contribution in [2.45, 2.75) is 51.2 Å². The van der Waals surface area contributed by atoms with Crippen LogP contribution in [0.4, 0.5) is 0 Å². The molecular weight excluding hydrogens is 356 g/mol. The molecule has 1 aromatic rings. The topological polar surface area (TPSA) is 52.6 Å². The van der Waals surface area contributed by atoms with Crippen LogP contribution in [0.2, 0.25) is 0 Å². The van der Waals surface area contributed by atoms with Crippen molar-refractivity contribution in [3.63, 3.8) is 0 Å². The van der Waals surface area contributed by atoms with E-state index in [0.717, 1.165) is 36.3 Å². The van der Waals surface area contributed by atoms with Gasteiger partial charge in [-0.25, -0.2) is 0 Å². The molecule has 2 N–H and O–H groups in total. The summed E-state index contributed by atoms with van der Waals surface area (Å²) in [5.74, 6) is 0.0412. The molecule has 0 saturated heterocycles. The van der Waals surface area contributed by atoms with Gasteiger partial charge in [0.2, 0.25) is 0 Å². The number of nitrogens with zero attached hydrogens (tertiary/aromatic N) is 1. The number of carbonyl (C=O) groups is 1. The Morgan fingerprint density at radius 2 is 2.13 bits per heavy atom. The maximum atomic E-state index is 11.0. The first-order chi connectivity index (χ1) is 11.0. The van der Waals surface area contributed by atoms with Crippen molar-refractivity contribution >= 4 is 21.9 Å². The molecule has 2 aliphatic rings. The van der Waals surface area contributed by atoms with Gasteiger partial charge in [0.1, 0.15) is 0 Å². The fraction of sp³-hybridized carbons (Fsp3) is 0.611. The van der Waals surface area contributed by atoms with E-state index in [1.807, 2.05) is 0 Å². The lowest BCUT2D eigenvalue weighted by atomic mass is 9.85. The number of rotatable bonds is 8. The normalized spacial score (nSPS) is 23.8. The van der Waals surface area contributed by atoms with Crippen molar-refractivity contribution in [3.8, 4) is 0 Å². The molecule has 23 heavy (non-hydrogen) atoms. The van der Waals surface area contributed by atoms with Crippen LogP contribution in [0.15, 0.2) is 22.7 Å². The van der Waals surface area contributed by atoms with Gasteiger partial charge in [-0.1, -0.05) is 28.1 Å². The largest absolute Gasteiger partial charge is 0.480 e. The summed E-state index contributed by atoms with van der Waals surface area (Å²) in [4.78, 5) is 13.2. The summed E-state index contributed by atoms with van der Waals surface area (Å²) < 4.78 is 1.15. The summed E-state index contributed by atoms with van der Waals surface area (Å²) in [6, 6.07) is 7.40. The van der Waals surface area contributed by atoms with Crippen molar-refractivity contribution in [1.29, 1.82) is 0 Å². The third kappa shape index (κ3) is 4.78. The number of hydrogen-bond donors (Lipinski definition) is 2. The van der Waals surface area contributed by atoms with Gasteiger partial charge in [0.15, 0.2) is 0 Å². The Bertz CT molecular complexity index is 568. The minimum Gasteiger partial charge on any atom is -0.480 e. The molecule has 2 saturated carbocycles. The molecule has 5 heteroatoms. The highest BCUT2D eigenvalue weighted by atomic mass is 79.9. The van der Waals surface area contributed by atoms with Crippen molar-refractivity contribution in [2.75, 3.05) is 13.1 Å². The van der Waals surface area contributed by atoms with Crippen LogP contribution >= 0.6 is 15.9 Å². The average molecular weight is 381 g/mol. The van der Waals surface area contributed by atoms with Crippen molar-refractivity contribution in [2.24, 2.45) is 5.92 Å². The van der Waals surface area contributed by atoms with Gasteiger partial charge in [-0.05, 0) is 55.7 Å². The Balaban J connectivity index is 1.43. The second-order valence-electron chi connectivity index (χ2n) is 7.05. The van der Waals surface area contributed by atoms with E-state index in [4.69, 9.17) is 5.11 Å². The molecule has 0 aromatic heterocycles. The van der Waals surface area contributed by atoms with Crippen LogP contribution < -0.4 is 5.32 Å². The quantitative estimate of drug-likeness (QED) is 0.726. The van der Waals surface area contributed by atoms with Gasteiger partial charge in [-0.3, -0.25) is 9.69 Å². The number of halogens is 1. The maximum Gasteiger partial charge on any atom is 0.317 e. The smallest absolute Gasteiger partial charge is 0.317 e. The van der Waals surface area contributed by atoms with Crippen LogP contribution in [0.5, 0.6) is 0 Å². The molecule has 4 nitrogen and oxygen atoms in total. The molecule has 0 bridgehead atoms. The van der Waals surface area contributed by atoms with E-state index in [2.05, 4.69) is 51.3 Å². The number of carboxylic acid groups (broad SMARTS) is 1. The number of nitrogens with one attached hydrogen (secondary N) is 1. The predicted molar refractivity (Wildman–Crippen MR) is 94.5 cm³/mol. The average Bonchev–Trinajstić information content (AvgIpc) is 3.24. The van der Waals surface area contributed by atoms with Crippen LogP contribution in [0.3, 0.4) is 0 Å². The Morgan fingerprint density at radius 1 is 1.39 bits per heavy atom. The van der Waals surface area contributed by atoms with Gasteiger partial charge in [-0.2, -0.15) is 0 Å². The molecule has 3 rings (SSSR count). The SMILES string of the molecule is Cc1cc(CNC2CC(N(CC(=O)O)CC3CC3)C2)ccc1Br. The minimum atomic E-state index is -0.701. The molecule has 1 aromatic carbocycles. The molecule has 2 fully saturated rings. The number of hydrogen-bond acceptors (Lipinski definition) is 3. The van der Waals surface area contributed by atoms with Gasteiger partial charge in [0.05, 0.1) is 6.54 Å². The van der Waals surface area contributed by atoms with E-state index in [-0.39, 0.29) is 6.54 Å². The maximum absolute atomic E-state index is 11.0. The van der Waals surface area contributed by atoms with Gasteiger partial charge in [0.25, 0.3) is 0 Å². The van der Waals surface area contributed by atoms with Gasteiger partial charge >= 0.3 is 5.97 Å². The Hall–Kier alpha value is -0.910. The van der Waals surface area contributed by atoms with E-state index in [1.54, 1.807) is 0 Å². The lowest BCUT2D eigenvalue weighted by molar-refractivity contribution is -0.139. The zero-order valence-electron chi connectivity index (χ0n) is 13.6. The fourth-order valence-electron chi connectivity index (χ4n) is 3.28. The first kappa shape index (κ1) is 16.9. The summed E-state index contributed by atoms with van der Waals surface area (Å²) in [6.07, 6.45) is 4.67. The Morgan fingerprint density at radius 3 is 2.74 bits per heavy atom. The molecule has 0 atom stereocenters. The summed E-state index contributed by atoms with van der Waals surface area (Å²) in [7, 11) is 0. The van der Waals surface area contributed by atoms with Crippen LogP contribution in [0, 0.1) is 12.8 Å². The number of benzene rings is 1. The Kier molecular flexibility index (Phi) is 5.39. The highest BCUT2D eigenvalue weighted by Crippen LogP contribution is 2.33. The number of aliphatic carboxylic acids is 1. The first-order valence-electron chi connectivity index (χ1n) is 8.45. The lowest BCUT2D eigenvalue weighted by Gasteiger charge is -2.43. The highest BCUT2D eigenvalue weighted by molar-refractivity contribution is 9.10. The van der Waals surface area contributed by atoms with Gasteiger partial charge in [-0.15, -0.1) is 0 Å². The second kappa shape index (κ2) is 7.32. The van der Waals surface area contributed by atoms with E-state index in [9.17, 15) is 4.79 Å². The molecule has 0 unspecified atom stereocenters. The van der Waals surface area contributed by atoms with Crippen LogP contribution in [0.1, 0.15) is 36.8 Å². The van der Waals surface area contributed by atoms with Crippen LogP contribution in [-0.2, 0) is 11.3 Å². The molecular formula is C18H25BrN2O2. The van der Waals surface area contributed by atoms with Crippen LogP contribution in [0.25, 0.3) is 0 Å². The van der Waals surface area contributed by atoms with E-state index in [0.29, 0.717) is 12.1 Å². The second-order valence-corrected chi connectivity index (χ2v) is 7.91. The molecule has 2 aliphatic carbocycles. The zero-order valence-corrected chi connectivity index (χ0v) is 15.2. The summed E-state index contributed by atoms with van der Waals surface area (Å²) in [6.45, 7) is 4.15. The summed E-state index contributed by atoms with van der Waals surface area (Å²) >= 11 is 3.53. The van der Waals surface area contributed by atoms with E-state index in [1.165, 1.54) is 24.0 Å². The van der Waals surface area contributed by atoms with E-state index >= 15 is 0 Å². The number of carboxylic acids is 1. The first-order valence-corrected chi connectivity index (χ1v) is 9.25. The summed E-state index contributed by atoms with van der Waals surface area (Å²) in [5, 5.41) is 12.7. The van der Waals surface area contributed by atoms with Crippen molar-refractivity contribution in [3.05, 3.63) is 33.8 Å². The molecule has 0 heterocycles. The molecule has 0 aliphatic heterocycles. The lowest BCUT2D eigenvalue weighted by Crippen LogP contribution is -2.54. The zero-order chi connectivity index (χ0) is 16.4. The minimum absolute atomic E-state index is 0.194. The summed E-state index contributed by atoms with van der Waals surface area (Å²) in [5.41, 5.74) is 2.56. The monoisotopic (exact) mass is 380 g/mol. The van der Waals surface area contributed by atoms with Crippen molar-refractivity contribution < 1.29 is 9.90 Å². The molecule has 0 amide bonds. The molecule has 0 radical (unpaired) electrons. The fourth-order valence-corrected chi connectivity index (χ4v) is 3.53.